The van der Waals surface area contributed by atoms with Crippen LogP contribution in [0.1, 0.15) is 17.2 Å². The van der Waals surface area contributed by atoms with Crippen molar-refractivity contribution in [3.63, 3.8) is 0 Å². The summed E-state index contributed by atoms with van der Waals surface area (Å²) in [6, 6.07) is 8.98. The number of halogens is 2. The lowest BCUT2D eigenvalue weighted by Crippen LogP contribution is -2.45. The molecule has 1 aromatic carbocycles. The van der Waals surface area contributed by atoms with E-state index < -0.39 is 0 Å². The predicted molar refractivity (Wildman–Crippen MR) is 81.7 cm³/mol. The third kappa shape index (κ3) is 3.59. The van der Waals surface area contributed by atoms with E-state index in [9.17, 15) is 4.39 Å². The summed E-state index contributed by atoms with van der Waals surface area (Å²) in [5.41, 5.74) is 2.07. The summed E-state index contributed by atoms with van der Waals surface area (Å²) >= 11 is 5.94. The van der Waals surface area contributed by atoms with Gasteiger partial charge in [0.25, 0.3) is 0 Å². The maximum absolute atomic E-state index is 13.5. The number of pyridine rings is 1. The van der Waals surface area contributed by atoms with Crippen molar-refractivity contribution in [3.05, 3.63) is 64.7 Å². The molecular weight excluding hydrogens is 289 g/mol. The molecule has 0 amide bonds. The maximum Gasteiger partial charge on any atom is 0.125 e. The van der Waals surface area contributed by atoms with E-state index in [4.69, 9.17) is 11.6 Å². The molecule has 1 saturated heterocycles. The quantitative estimate of drug-likeness (QED) is 0.945. The summed E-state index contributed by atoms with van der Waals surface area (Å²) in [5, 5.41) is 3.84. The average molecular weight is 306 g/mol. The molecule has 1 N–H and O–H groups in total. The zero-order valence-electron chi connectivity index (χ0n) is 11.6. The van der Waals surface area contributed by atoms with Crippen LogP contribution in [0, 0.1) is 5.82 Å². The highest BCUT2D eigenvalue weighted by Crippen LogP contribution is 2.24. The van der Waals surface area contributed by atoms with Crippen LogP contribution in [-0.4, -0.2) is 29.5 Å². The lowest BCUT2D eigenvalue weighted by molar-refractivity contribution is 0.153. The molecule has 0 spiro atoms. The minimum atomic E-state index is -0.287. The lowest BCUT2D eigenvalue weighted by Gasteiger charge is -2.36. The van der Waals surface area contributed by atoms with Gasteiger partial charge in [0, 0.05) is 49.6 Å². The van der Waals surface area contributed by atoms with Gasteiger partial charge in [0.05, 0.1) is 0 Å². The highest BCUT2D eigenvalue weighted by molar-refractivity contribution is 6.30. The third-order valence-electron chi connectivity index (χ3n) is 3.73. The van der Waals surface area contributed by atoms with E-state index in [0.717, 1.165) is 25.2 Å². The molecular formula is C16H17ClFN3. The number of benzene rings is 1. The highest BCUT2D eigenvalue weighted by atomic mass is 35.5. The molecule has 1 aliphatic heterocycles. The number of aromatic nitrogens is 1. The Morgan fingerprint density at radius 3 is 3.05 bits per heavy atom. The Kier molecular flexibility index (Phi) is 4.48. The van der Waals surface area contributed by atoms with Gasteiger partial charge in [-0.1, -0.05) is 17.7 Å². The van der Waals surface area contributed by atoms with Crippen molar-refractivity contribution in [3.8, 4) is 0 Å². The Labute approximate surface area is 128 Å². The zero-order chi connectivity index (χ0) is 14.7. The molecule has 1 aliphatic rings. The average Bonchev–Trinajstić information content (AvgIpc) is 2.48. The van der Waals surface area contributed by atoms with Crippen molar-refractivity contribution >= 4 is 11.6 Å². The van der Waals surface area contributed by atoms with Crippen LogP contribution in [-0.2, 0) is 6.54 Å². The van der Waals surface area contributed by atoms with E-state index in [1.54, 1.807) is 12.3 Å². The Hall–Kier alpha value is -1.49. The van der Waals surface area contributed by atoms with Gasteiger partial charge in [-0.15, -0.1) is 0 Å². The van der Waals surface area contributed by atoms with Crippen LogP contribution >= 0.6 is 11.6 Å². The second-order valence-electron chi connectivity index (χ2n) is 5.25. The number of nitrogens with zero attached hydrogens (tertiary/aromatic N) is 2. The first-order chi connectivity index (χ1) is 10.2. The SMILES string of the molecule is Fc1cc(Cl)cc(CN2CCNCC2c2cccnc2)c1. The molecule has 1 atom stereocenters. The molecule has 2 aromatic rings. The summed E-state index contributed by atoms with van der Waals surface area (Å²) in [7, 11) is 0. The molecule has 0 aliphatic carbocycles. The molecule has 1 fully saturated rings. The Balaban J connectivity index is 1.81. The first-order valence-corrected chi connectivity index (χ1v) is 7.40. The largest absolute Gasteiger partial charge is 0.314 e. The summed E-state index contributed by atoms with van der Waals surface area (Å²) < 4.78 is 13.5. The standard InChI is InChI=1S/C16H17ClFN3/c17-14-6-12(7-15(18)8-14)11-21-5-4-20-10-16(21)13-2-1-3-19-9-13/h1-3,6-9,16,20H,4-5,10-11H2. The molecule has 110 valence electrons. The summed E-state index contributed by atoms with van der Waals surface area (Å²) in [6.07, 6.45) is 3.67. The fraction of sp³-hybridized carbons (Fsp3) is 0.312. The Bertz CT molecular complexity index is 585. The summed E-state index contributed by atoms with van der Waals surface area (Å²) in [4.78, 5) is 6.53. The summed E-state index contributed by atoms with van der Waals surface area (Å²) in [6.45, 7) is 3.39. The van der Waals surface area contributed by atoms with Gasteiger partial charge in [-0.2, -0.15) is 0 Å². The normalized spacial score (nSPS) is 19.6. The van der Waals surface area contributed by atoms with Crippen molar-refractivity contribution in [1.82, 2.24) is 15.2 Å². The fourth-order valence-electron chi connectivity index (χ4n) is 2.77. The Morgan fingerprint density at radius 2 is 2.29 bits per heavy atom. The zero-order valence-corrected chi connectivity index (χ0v) is 12.4. The van der Waals surface area contributed by atoms with Crippen LogP contribution in [0.4, 0.5) is 4.39 Å². The molecule has 3 rings (SSSR count). The van der Waals surface area contributed by atoms with Crippen molar-refractivity contribution in [2.45, 2.75) is 12.6 Å². The van der Waals surface area contributed by atoms with E-state index in [1.165, 1.54) is 11.6 Å². The van der Waals surface area contributed by atoms with E-state index >= 15 is 0 Å². The fourth-order valence-corrected chi connectivity index (χ4v) is 3.02. The van der Waals surface area contributed by atoms with Crippen molar-refractivity contribution in [1.29, 1.82) is 0 Å². The predicted octanol–water partition coefficient (Wildman–Crippen LogP) is 3.02. The van der Waals surface area contributed by atoms with Crippen molar-refractivity contribution < 1.29 is 4.39 Å². The second kappa shape index (κ2) is 6.52. The summed E-state index contributed by atoms with van der Waals surface area (Å²) in [5.74, 6) is -0.287. The molecule has 21 heavy (non-hydrogen) atoms. The van der Waals surface area contributed by atoms with Crippen molar-refractivity contribution in [2.24, 2.45) is 0 Å². The lowest BCUT2D eigenvalue weighted by atomic mass is 10.0. The van der Waals surface area contributed by atoms with E-state index in [-0.39, 0.29) is 11.9 Å². The van der Waals surface area contributed by atoms with Crippen molar-refractivity contribution in [2.75, 3.05) is 19.6 Å². The first-order valence-electron chi connectivity index (χ1n) is 7.02. The minimum Gasteiger partial charge on any atom is -0.314 e. The molecule has 1 unspecified atom stereocenters. The third-order valence-corrected chi connectivity index (χ3v) is 3.95. The van der Waals surface area contributed by atoms with Crippen LogP contribution in [0.25, 0.3) is 0 Å². The van der Waals surface area contributed by atoms with Gasteiger partial charge in [-0.25, -0.2) is 4.39 Å². The van der Waals surface area contributed by atoms with Gasteiger partial charge in [0.1, 0.15) is 5.82 Å². The van der Waals surface area contributed by atoms with Gasteiger partial charge in [0.2, 0.25) is 0 Å². The van der Waals surface area contributed by atoms with Crippen LogP contribution in [0.3, 0.4) is 0 Å². The van der Waals surface area contributed by atoms with Gasteiger partial charge < -0.3 is 5.32 Å². The highest BCUT2D eigenvalue weighted by Gasteiger charge is 2.24. The molecule has 3 nitrogen and oxygen atoms in total. The van der Waals surface area contributed by atoms with Crippen LogP contribution in [0.15, 0.2) is 42.7 Å². The Morgan fingerprint density at radius 1 is 1.38 bits per heavy atom. The van der Waals surface area contributed by atoms with Gasteiger partial charge in [0.15, 0.2) is 0 Å². The molecule has 2 heterocycles. The molecule has 5 heteroatoms. The maximum atomic E-state index is 13.5. The van der Waals surface area contributed by atoms with Gasteiger partial charge >= 0.3 is 0 Å². The van der Waals surface area contributed by atoms with Crippen LogP contribution < -0.4 is 5.32 Å². The monoisotopic (exact) mass is 305 g/mol. The van der Waals surface area contributed by atoms with Gasteiger partial charge in [-0.3, -0.25) is 9.88 Å². The second-order valence-corrected chi connectivity index (χ2v) is 5.69. The molecule has 1 aromatic heterocycles. The minimum absolute atomic E-state index is 0.245. The van der Waals surface area contributed by atoms with Crippen LogP contribution in [0.2, 0.25) is 5.02 Å². The number of piperazine rings is 1. The number of nitrogens with one attached hydrogen (secondary N) is 1. The topological polar surface area (TPSA) is 28.2 Å². The first kappa shape index (κ1) is 14.4. The number of hydrogen-bond acceptors (Lipinski definition) is 3. The molecule has 0 radical (unpaired) electrons. The number of hydrogen-bond donors (Lipinski definition) is 1. The smallest absolute Gasteiger partial charge is 0.125 e. The van der Waals surface area contributed by atoms with E-state index in [0.29, 0.717) is 11.6 Å². The van der Waals surface area contributed by atoms with E-state index in [1.807, 2.05) is 18.3 Å². The van der Waals surface area contributed by atoms with Gasteiger partial charge in [-0.05, 0) is 35.4 Å². The molecule has 0 bridgehead atoms. The number of rotatable bonds is 3. The van der Waals surface area contributed by atoms with Crippen LogP contribution in [0.5, 0.6) is 0 Å². The van der Waals surface area contributed by atoms with E-state index in [2.05, 4.69) is 21.3 Å². The molecule has 0 saturated carbocycles.